The maximum absolute atomic E-state index is 7.75. The molecule has 0 atom stereocenters. The lowest BCUT2D eigenvalue weighted by Crippen LogP contribution is -2.12. The topological polar surface area (TPSA) is 62.8 Å². The first kappa shape index (κ1) is 13.4. The molecule has 3 N–H and O–H groups in total. The van der Waals surface area contributed by atoms with Gasteiger partial charge in [0, 0.05) is 16.7 Å². The number of amidine groups is 1. The summed E-state index contributed by atoms with van der Waals surface area (Å²) >= 11 is 1.80. The van der Waals surface area contributed by atoms with Crippen molar-refractivity contribution in [2.24, 2.45) is 11.7 Å². The number of pyridine rings is 1. The van der Waals surface area contributed by atoms with E-state index in [1.165, 1.54) is 25.7 Å². The van der Waals surface area contributed by atoms with Crippen LogP contribution < -0.4 is 5.73 Å². The fraction of sp³-hybridized carbons (Fsp3) is 0.375. The smallest absolute Gasteiger partial charge is 0.123 e. The molecule has 0 aliphatic heterocycles. The molecule has 1 fully saturated rings. The highest BCUT2D eigenvalue weighted by molar-refractivity contribution is 7.99. The van der Waals surface area contributed by atoms with Crippen molar-refractivity contribution >= 4 is 28.5 Å². The second kappa shape index (κ2) is 5.83. The van der Waals surface area contributed by atoms with Crippen molar-refractivity contribution in [3.8, 4) is 0 Å². The van der Waals surface area contributed by atoms with Crippen LogP contribution in [0.4, 0.5) is 0 Å². The molecule has 4 heteroatoms. The molecule has 0 spiro atoms. The van der Waals surface area contributed by atoms with Gasteiger partial charge >= 0.3 is 0 Å². The zero-order valence-electron chi connectivity index (χ0n) is 11.4. The van der Waals surface area contributed by atoms with Crippen LogP contribution >= 0.6 is 11.8 Å². The summed E-state index contributed by atoms with van der Waals surface area (Å²) in [6.07, 6.45) is 5.43. The zero-order valence-corrected chi connectivity index (χ0v) is 12.2. The molecule has 20 heavy (non-hydrogen) atoms. The molecule has 104 valence electrons. The normalized spacial score (nSPS) is 15.8. The van der Waals surface area contributed by atoms with Crippen molar-refractivity contribution in [3.05, 3.63) is 35.9 Å². The fourth-order valence-electron chi connectivity index (χ4n) is 2.83. The molecule has 0 saturated heterocycles. The highest BCUT2D eigenvalue weighted by Gasteiger charge is 2.16. The van der Waals surface area contributed by atoms with Gasteiger partial charge in [-0.25, -0.2) is 4.98 Å². The third-order valence-corrected chi connectivity index (χ3v) is 5.07. The molecule has 1 saturated carbocycles. The average Bonchev–Trinajstić information content (AvgIpc) is 2.97. The van der Waals surface area contributed by atoms with Gasteiger partial charge in [0.15, 0.2) is 0 Å². The zero-order chi connectivity index (χ0) is 13.9. The molecule has 1 heterocycles. The van der Waals surface area contributed by atoms with E-state index in [1.807, 2.05) is 30.3 Å². The number of thioether (sulfide) groups is 1. The molecule has 1 aromatic heterocycles. The Morgan fingerprint density at radius 3 is 2.80 bits per heavy atom. The monoisotopic (exact) mass is 285 g/mol. The van der Waals surface area contributed by atoms with Crippen LogP contribution in [0.2, 0.25) is 0 Å². The van der Waals surface area contributed by atoms with Crippen molar-refractivity contribution in [2.75, 3.05) is 5.75 Å². The lowest BCUT2D eigenvalue weighted by Gasteiger charge is -2.10. The van der Waals surface area contributed by atoms with E-state index in [9.17, 15) is 0 Å². The second-order valence-corrected chi connectivity index (χ2v) is 6.44. The summed E-state index contributed by atoms with van der Waals surface area (Å²) in [6.45, 7) is 0. The van der Waals surface area contributed by atoms with E-state index in [-0.39, 0.29) is 5.84 Å². The predicted molar refractivity (Wildman–Crippen MR) is 85.4 cm³/mol. The van der Waals surface area contributed by atoms with Gasteiger partial charge < -0.3 is 5.73 Å². The largest absolute Gasteiger partial charge is 0.384 e. The van der Waals surface area contributed by atoms with Gasteiger partial charge in [-0.1, -0.05) is 31.0 Å². The number of hydrogen-bond acceptors (Lipinski definition) is 3. The van der Waals surface area contributed by atoms with Crippen molar-refractivity contribution in [1.82, 2.24) is 4.98 Å². The standard InChI is InChI=1S/C16H19N3S/c17-16(18)13-9-15(20-10-11-5-1-2-6-11)19-14-8-4-3-7-12(13)14/h3-4,7-9,11H,1-2,5-6,10H2,(H3,17,18). The molecule has 0 bridgehead atoms. The first-order valence-electron chi connectivity index (χ1n) is 7.11. The number of hydrogen-bond donors (Lipinski definition) is 2. The number of nitrogens with one attached hydrogen (secondary N) is 1. The molecule has 3 rings (SSSR count). The molecule has 0 unspecified atom stereocenters. The molecule has 0 radical (unpaired) electrons. The van der Waals surface area contributed by atoms with Crippen LogP contribution in [-0.4, -0.2) is 16.6 Å². The third-order valence-electron chi connectivity index (χ3n) is 3.92. The summed E-state index contributed by atoms with van der Waals surface area (Å²) < 4.78 is 0. The third kappa shape index (κ3) is 2.80. The molecule has 3 nitrogen and oxygen atoms in total. The Labute approximate surface area is 123 Å². The van der Waals surface area contributed by atoms with Crippen molar-refractivity contribution in [2.45, 2.75) is 30.7 Å². The van der Waals surface area contributed by atoms with E-state index in [0.29, 0.717) is 0 Å². The fourth-order valence-corrected chi connectivity index (χ4v) is 3.93. The highest BCUT2D eigenvalue weighted by atomic mass is 32.2. The van der Waals surface area contributed by atoms with Crippen molar-refractivity contribution in [3.63, 3.8) is 0 Å². The summed E-state index contributed by atoms with van der Waals surface area (Å²) in [5, 5.41) is 9.70. The first-order valence-corrected chi connectivity index (χ1v) is 8.09. The van der Waals surface area contributed by atoms with Gasteiger partial charge in [0.2, 0.25) is 0 Å². The van der Waals surface area contributed by atoms with Gasteiger partial charge in [-0.05, 0) is 30.9 Å². The first-order chi connectivity index (χ1) is 9.74. The lowest BCUT2D eigenvalue weighted by molar-refractivity contribution is 0.623. The maximum Gasteiger partial charge on any atom is 0.123 e. The highest BCUT2D eigenvalue weighted by Crippen LogP contribution is 2.31. The molecule has 0 amide bonds. The Kier molecular flexibility index (Phi) is 3.92. The Morgan fingerprint density at radius 2 is 2.05 bits per heavy atom. The Morgan fingerprint density at radius 1 is 1.30 bits per heavy atom. The molecule has 1 aliphatic carbocycles. The summed E-state index contributed by atoms with van der Waals surface area (Å²) in [7, 11) is 0. The van der Waals surface area contributed by atoms with Crippen molar-refractivity contribution in [1.29, 1.82) is 5.41 Å². The van der Waals surface area contributed by atoms with E-state index in [0.717, 1.165) is 33.2 Å². The van der Waals surface area contributed by atoms with Crippen LogP contribution in [0.1, 0.15) is 31.2 Å². The van der Waals surface area contributed by atoms with Crippen molar-refractivity contribution < 1.29 is 0 Å². The SMILES string of the molecule is N=C(N)c1cc(SCC2CCCC2)nc2ccccc12. The molecule has 1 aromatic carbocycles. The molecule has 1 aliphatic rings. The Bertz CT molecular complexity index is 633. The number of nitrogens with zero attached hydrogens (tertiary/aromatic N) is 1. The van der Waals surface area contributed by atoms with Gasteiger partial charge in [0.05, 0.1) is 10.5 Å². The Hall–Kier alpha value is -1.55. The quantitative estimate of drug-likeness (QED) is 0.510. The van der Waals surface area contributed by atoms with Crippen LogP contribution in [0.15, 0.2) is 35.4 Å². The van der Waals surface area contributed by atoms with Gasteiger partial charge in [-0.2, -0.15) is 0 Å². The summed E-state index contributed by atoms with van der Waals surface area (Å²) in [6, 6.07) is 9.86. The number of aromatic nitrogens is 1. The minimum Gasteiger partial charge on any atom is -0.384 e. The summed E-state index contributed by atoms with van der Waals surface area (Å²) in [5.41, 5.74) is 7.43. The number of fused-ring (bicyclic) bond motifs is 1. The van der Waals surface area contributed by atoms with E-state index in [2.05, 4.69) is 4.98 Å². The van der Waals surface area contributed by atoms with Crippen LogP contribution in [0, 0.1) is 11.3 Å². The summed E-state index contributed by atoms with van der Waals surface area (Å²) in [5.74, 6) is 2.07. The number of rotatable bonds is 4. The van der Waals surface area contributed by atoms with E-state index in [1.54, 1.807) is 11.8 Å². The van der Waals surface area contributed by atoms with Gasteiger partial charge in [-0.3, -0.25) is 5.41 Å². The number of nitrogen functional groups attached to an aromatic ring is 1. The number of nitrogens with two attached hydrogens (primary N) is 1. The minimum absolute atomic E-state index is 0.117. The van der Waals surface area contributed by atoms with Crippen LogP contribution in [0.5, 0.6) is 0 Å². The second-order valence-electron chi connectivity index (χ2n) is 5.40. The van der Waals surface area contributed by atoms with Gasteiger partial charge in [0.1, 0.15) is 5.84 Å². The summed E-state index contributed by atoms with van der Waals surface area (Å²) in [4.78, 5) is 4.69. The van der Waals surface area contributed by atoms with Gasteiger partial charge in [0.25, 0.3) is 0 Å². The predicted octanol–water partition coefficient (Wildman–Crippen LogP) is 3.80. The average molecular weight is 285 g/mol. The lowest BCUT2D eigenvalue weighted by atomic mass is 10.1. The van der Waals surface area contributed by atoms with E-state index < -0.39 is 0 Å². The van der Waals surface area contributed by atoms with Gasteiger partial charge in [-0.15, -0.1) is 11.8 Å². The molecular formula is C16H19N3S. The molecule has 2 aromatic rings. The maximum atomic E-state index is 7.75. The van der Waals surface area contributed by atoms with E-state index in [4.69, 9.17) is 11.1 Å². The number of para-hydroxylation sites is 1. The van der Waals surface area contributed by atoms with Crippen LogP contribution in [0.3, 0.4) is 0 Å². The Balaban J connectivity index is 1.88. The molecular weight excluding hydrogens is 266 g/mol. The minimum atomic E-state index is 0.117. The van der Waals surface area contributed by atoms with E-state index >= 15 is 0 Å². The number of benzene rings is 1. The van der Waals surface area contributed by atoms with Crippen LogP contribution in [0.25, 0.3) is 10.9 Å². The van der Waals surface area contributed by atoms with Crippen LogP contribution in [-0.2, 0) is 0 Å².